The van der Waals surface area contributed by atoms with Crippen LogP contribution in [0.15, 0.2) is 12.7 Å². The Morgan fingerprint density at radius 3 is 2.88 bits per heavy atom. The van der Waals surface area contributed by atoms with Gasteiger partial charge in [0.25, 0.3) is 0 Å². The van der Waals surface area contributed by atoms with Gasteiger partial charge in [-0.1, -0.05) is 6.08 Å². The maximum Gasteiger partial charge on any atom is 0.236 e. The van der Waals surface area contributed by atoms with E-state index in [1.807, 2.05) is 0 Å². The molecule has 0 spiro atoms. The van der Waals surface area contributed by atoms with Gasteiger partial charge in [-0.3, -0.25) is 4.79 Å². The summed E-state index contributed by atoms with van der Waals surface area (Å²) in [4.78, 5) is 14.1. The summed E-state index contributed by atoms with van der Waals surface area (Å²) in [6.07, 6.45) is 5.21. The molecule has 2 aliphatic rings. The molecular formula is C13H22N2O2. The van der Waals surface area contributed by atoms with Crippen molar-refractivity contribution in [3.8, 4) is 0 Å². The Bertz CT molecular complexity index is 271. The van der Waals surface area contributed by atoms with Crippen LogP contribution in [0, 0.1) is 5.92 Å². The predicted molar refractivity (Wildman–Crippen MR) is 66.7 cm³/mol. The molecule has 0 radical (unpaired) electrons. The van der Waals surface area contributed by atoms with Crippen molar-refractivity contribution in [2.75, 3.05) is 32.8 Å². The number of ether oxygens (including phenoxy) is 1. The number of rotatable bonds is 7. The van der Waals surface area contributed by atoms with Crippen LogP contribution in [0.25, 0.3) is 0 Å². The molecule has 0 aromatic carbocycles. The van der Waals surface area contributed by atoms with Crippen molar-refractivity contribution in [3.05, 3.63) is 12.7 Å². The molecule has 0 aromatic heterocycles. The molecule has 1 saturated heterocycles. The fraction of sp³-hybridized carbons (Fsp3) is 0.769. The molecule has 1 aliphatic heterocycles. The van der Waals surface area contributed by atoms with Gasteiger partial charge in [-0.05, 0) is 19.3 Å². The first-order valence-electron chi connectivity index (χ1n) is 6.50. The molecule has 17 heavy (non-hydrogen) atoms. The van der Waals surface area contributed by atoms with Crippen LogP contribution in [-0.2, 0) is 9.53 Å². The van der Waals surface area contributed by atoms with Crippen LogP contribution in [0.4, 0.5) is 0 Å². The highest BCUT2D eigenvalue weighted by atomic mass is 16.5. The van der Waals surface area contributed by atoms with Crippen molar-refractivity contribution in [1.29, 1.82) is 0 Å². The van der Waals surface area contributed by atoms with E-state index in [0.29, 0.717) is 25.0 Å². The van der Waals surface area contributed by atoms with Gasteiger partial charge in [0, 0.05) is 31.7 Å². The average Bonchev–Trinajstić information content (AvgIpc) is 3.03. The molecule has 1 saturated carbocycles. The second-order valence-electron chi connectivity index (χ2n) is 4.93. The lowest BCUT2D eigenvalue weighted by atomic mass is 10.1. The summed E-state index contributed by atoms with van der Waals surface area (Å²) in [5.41, 5.74) is 0. The molecule has 1 unspecified atom stereocenters. The van der Waals surface area contributed by atoms with E-state index in [2.05, 4.69) is 16.8 Å². The minimum Gasteiger partial charge on any atom is -0.381 e. The van der Waals surface area contributed by atoms with Gasteiger partial charge in [0.15, 0.2) is 0 Å². The minimum atomic E-state index is 0.223. The van der Waals surface area contributed by atoms with E-state index in [1.54, 1.807) is 6.08 Å². The monoisotopic (exact) mass is 238 g/mol. The number of hydrogen-bond donors (Lipinski definition) is 1. The zero-order valence-electron chi connectivity index (χ0n) is 10.4. The predicted octanol–water partition coefficient (Wildman–Crippen LogP) is 0.789. The van der Waals surface area contributed by atoms with Gasteiger partial charge in [0.2, 0.25) is 5.91 Å². The molecule has 96 valence electrons. The topological polar surface area (TPSA) is 41.6 Å². The van der Waals surface area contributed by atoms with Crippen molar-refractivity contribution in [1.82, 2.24) is 10.2 Å². The normalized spacial score (nSPS) is 23.6. The summed E-state index contributed by atoms with van der Waals surface area (Å²) in [6, 6.07) is 0.494. The molecule has 1 N–H and O–H groups in total. The Labute approximate surface area is 103 Å². The third-order valence-corrected chi connectivity index (χ3v) is 3.35. The van der Waals surface area contributed by atoms with E-state index in [9.17, 15) is 4.79 Å². The van der Waals surface area contributed by atoms with Crippen LogP contribution >= 0.6 is 0 Å². The molecule has 0 bridgehead atoms. The molecule has 1 aliphatic carbocycles. The van der Waals surface area contributed by atoms with Crippen LogP contribution in [0.3, 0.4) is 0 Å². The highest BCUT2D eigenvalue weighted by Gasteiger charge is 2.34. The maximum absolute atomic E-state index is 12.1. The Morgan fingerprint density at radius 1 is 1.47 bits per heavy atom. The van der Waals surface area contributed by atoms with Crippen LogP contribution in [0.2, 0.25) is 0 Å². The van der Waals surface area contributed by atoms with E-state index in [0.717, 1.165) is 26.2 Å². The lowest BCUT2D eigenvalue weighted by Crippen LogP contribution is -2.42. The van der Waals surface area contributed by atoms with E-state index in [-0.39, 0.29) is 5.91 Å². The zero-order chi connectivity index (χ0) is 12.1. The Morgan fingerprint density at radius 2 is 2.29 bits per heavy atom. The average molecular weight is 238 g/mol. The fourth-order valence-electron chi connectivity index (χ4n) is 2.23. The first-order chi connectivity index (χ1) is 8.31. The first kappa shape index (κ1) is 12.6. The standard InChI is InChI=1S/C13H22N2O2/c1-2-6-14-8-13(16)15(12-3-4-12)9-11-5-7-17-10-11/h2,11-12,14H,1,3-10H2. The van der Waals surface area contributed by atoms with Crippen LogP contribution in [-0.4, -0.2) is 49.7 Å². The van der Waals surface area contributed by atoms with E-state index in [1.165, 1.54) is 12.8 Å². The van der Waals surface area contributed by atoms with Gasteiger partial charge >= 0.3 is 0 Å². The van der Waals surface area contributed by atoms with Gasteiger partial charge in [0.1, 0.15) is 0 Å². The van der Waals surface area contributed by atoms with E-state index in [4.69, 9.17) is 4.74 Å². The summed E-state index contributed by atoms with van der Waals surface area (Å²) < 4.78 is 5.37. The number of hydrogen-bond acceptors (Lipinski definition) is 3. The number of carbonyl (C=O) groups is 1. The Balaban J connectivity index is 1.78. The third kappa shape index (κ3) is 3.82. The lowest BCUT2D eigenvalue weighted by molar-refractivity contribution is -0.131. The SMILES string of the molecule is C=CCNCC(=O)N(CC1CCOC1)C1CC1. The summed E-state index contributed by atoms with van der Waals surface area (Å²) in [5, 5.41) is 3.08. The second-order valence-corrected chi connectivity index (χ2v) is 4.93. The highest BCUT2D eigenvalue weighted by Crippen LogP contribution is 2.28. The molecule has 4 nitrogen and oxygen atoms in total. The van der Waals surface area contributed by atoms with Gasteiger partial charge in [0.05, 0.1) is 13.2 Å². The number of nitrogens with zero attached hydrogens (tertiary/aromatic N) is 1. The molecule has 1 amide bonds. The van der Waals surface area contributed by atoms with Gasteiger partial charge < -0.3 is 15.0 Å². The minimum absolute atomic E-state index is 0.223. The first-order valence-corrected chi connectivity index (χ1v) is 6.50. The zero-order valence-corrected chi connectivity index (χ0v) is 10.4. The lowest BCUT2D eigenvalue weighted by Gasteiger charge is -2.25. The second kappa shape index (κ2) is 6.17. The number of nitrogens with one attached hydrogen (secondary N) is 1. The van der Waals surface area contributed by atoms with Gasteiger partial charge in [-0.15, -0.1) is 6.58 Å². The summed E-state index contributed by atoms with van der Waals surface area (Å²) in [6.45, 7) is 7.29. The molecule has 4 heteroatoms. The van der Waals surface area contributed by atoms with Gasteiger partial charge in [-0.25, -0.2) is 0 Å². The largest absolute Gasteiger partial charge is 0.381 e. The maximum atomic E-state index is 12.1. The Kier molecular flexibility index (Phi) is 4.57. The van der Waals surface area contributed by atoms with E-state index >= 15 is 0 Å². The quantitative estimate of drug-likeness (QED) is 0.526. The molecular weight excluding hydrogens is 216 g/mol. The smallest absolute Gasteiger partial charge is 0.236 e. The van der Waals surface area contributed by atoms with Crippen LogP contribution in [0.1, 0.15) is 19.3 Å². The highest BCUT2D eigenvalue weighted by molar-refractivity contribution is 5.79. The van der Waals surface area contributed by atoms with Crippen molar-refractivity contribution in [2.45, 2.75) is 25.3 Å². The van der Waals surface area contributed by atoms with Crippen LogP contribution < -0.4 is 5.32 Å². The summed E-state index contributed by atoms with van der Waals surface area (Å²) >= 11 is 0. The van der Waals surface area contributed by atoms with Crippen molar-refractivity contribution in [2.24, 2.45) is 5.92 Å². The van der Waals surface area contributed by atoms with Gasteiger partial charge in [-0.2, -0.15) is 0 Å². The third-order valence-electron chi connectivity index (χ3n) is 3.35. The molecule has 1 heterocycles. The number of amides is 1. The van der Waals surface area contributed by atoms with Crippen molar-refractivity contribution in [3.63, 3.8) is 0 Å². The van der Waals surface area contributed by atoms with Crippen molar-refractivity contribution < 1.29 is 9.53 Å². The van der Waals surface area contributed by atoms with Crippen LogP contribution in [0.5, 0.6) is 0 Å². The molecule has 2 fully saturated rings. The number of carbonyl (C=O) groups excluding carboxylic acids is 1. The molecule has 2 rings (SSSR count). The summed E-state index contributed by atoms with van der Waals surface area (Å²) in [5.74, 6) is 0.764. The van der Waals surface area contributed by atoms with E-state index < -0.39 is 0 Å². The Hall–Kier alpha value is -0.870. The molecule has 1 atom stereocenters. The van der Waals surface area contributed by atoms with Crippen molar-refractivity contribution >= 4 is 5.91 Å². The molecule has 0 aromatic rings. The fourth-order valence-corrected chi connectivity index (χ4v) is 2.23. The summed E-state index contributed by atoms with van der Waals surface area (Å²) in [7, 11) is 0.